The van der Waals surface area contributed by atoms with Gasteiger partial charge in [0.1, 0.15) is 5.56 Å². The second-order valence-corrected chi connectivity index (χ2v) is 6.32. The molecule has 8 nitrogen and oxygen atoms in total. The molecule has 2 N–H and O–H groups in total. The molecule has 0 aliphatic rings. The van der Waals surface area contributed by atoms with Gasteiger partial charge in [-0.3, -0.25) is 10.1 Å². The van der Waals surface area contributed by atoms with E-state index in [0.717, 1.165) is 0 Å². The Kier molecular flexibility index (Phi) is 5.45. The number of sulfonamides is 1. The Morgan fingerprint density at radius 1 is 1.39 bits per heavy atom. The van der Waals surface area contributed by atoms with Crippen molar-refractivity contribution in [2.45, 2.75) is 31.8 Å². The minimum Gasteiger partial charge on any atom is -0.462 e. The number of H-pyrrole nitrogens is 1. The zero-order chi connectivity index (χ0) is 16.9. The molecule has 0 fully saturated rings. The predicted octanol–water partition coefficient (Wildman–Crippen LogP) is 1.02. The van der Waals surface area contributed by atoms with E-state index < -0.39 is 16.0 Å². The second-order valence-electron chi connectivity index (χ2n) is 4.64. The summed E-state index contributed by atoms with van der Waals surface area (Å²) < 4.78 is 32.2. The smallest absolute Gasteiger partial charge is 0.343 e. The first-order valence-corrected chi connectivity index (χ1v) is 8.60. The van der Waals surface area contributed by atoms with Crippen LogP contribution in [0.25, 0.3) is 0 Å². The average Bonchev–Trinajstić information content (AvgIpc) is 2.99. The molecule has 0 aliphatic carbocycles. The lowest BCUT2D eigenvalue weighted by Gasteiger charge is -2.07. The summed E-state index contributed by atoms with van der Waals surface area (Å²) in [4.78, 5) is 16.0. The van der Waals surface area contributed by atoms with E-state index in [-0.39, 0.29) is 23.7 Å². The predicted molar refractivity (Wildman–Crippen MR) is 82.2 cm³/mol. The van der Waals surface area contributed by atoms with E-state index in [1.807, 2.05) is 0 Å². The number of esters is 1. The van der Waals surface area contributed by atoms with Gasteiger partial charge in [-0.15, -0.1) is 0 Å². The molecule has 0 bridgehead atoms. The molecule has 0 aromatic carbocycles. The highest BCUT2D eigenvalue weighted by atomic mass is 32.2. The molecule has 0 unspecified atom stereocenters. The number of pyridine rings is 1. The summed E-state index contributed by atoms with van der Waals surface area (Å²) >= 11 is 0. The van der Waals surface area contributed by atoms with Crippen LogP contribution >= 0.6 is 0 Å². The van der Waals surface area contributed by atoms with Crippen LogP contribution in [-0.2, 0) is 27.7 Å². The molecular weight excluding hydrogens is 320 g/mol. The summed E-state index contributed by atoms with van der Waals surface area (Å²) in [6.45, 7) is 3.64. The van der Waals surface area contributed by atoms with Gasteiger partial charge in [-0.1, -0.05) is 13.0 Å². The summed E-state index contributed by atoms with van der Waals surface area (Å²) in [6, 6.07) is 3.45. The second kappa shape index (κ2) is 7.34. The highest BCUT2D eigenvalue weighted by molar-refractivity contribution is 7.89. The van der Waals surface area contributed by atoms with Gasteiger partial charge in [-0.25, -0.2) is 17.9 Å². The molecule has 124 valence electrons. The molecule has 0 amide bonds. The van der Waals surface area contributed by atoms with Gasteiger partial charge in [-0.2, -0.15) is 5.10 Å². The van der Waals surface area contributed by atoms with Crippen molar-refractivity contribution in [3.63, 3.8) is 0 Å². The number of rotatable bonds is 7. The molecule has 0 saturated carbocycles. The van der Waals surface area contributed by atoms with Gasteiger partial charge in [-0.05, 0) is 25.0 Å². The first-order chi connectivity index (χ1) is 11.0. The first kappa shape index (κ1) is 17.1. The number of nitrogens with one attached hydrogen (secondary N) is 2. The zero-order valence-corrected chi connectivity index (χ0v) is 13.7. The number of carbonyl (C=O) groups is 1. The van der Waals surface area contributed by atoms with Gasteiger partial charge < -0.3 is 4.74 Å². The van der Waals surface area contributed by atoms with Gasteiger partial charge >= 0.3 is 5.97 Å². The molecule has 2 rings (SSSR count). The van der Waals surface area contributed by atoms with Gasteiger partial charge in [0.2, 0.25) is 5.03 Å². The number of aromatic nitrogens is 3. The van der Waals surface area contributed by atoms with E-state index in [0.29, 0.717) is 17.7 Å². The number of hydrogen-bond acceptors (Lipinski definition) is 6. The fraction of sp³-hybridized carbons (Fsp3) is 0.357. The van der Waals surface area contributed by atoms with Crippen molar-refractivity contribution in [1.29, 1.82) is 0 Å². The third-order valence-electron chi connectivity index (χ3n) is 3.08. The topological polar surface area (TPSA) is 114 Å². The Bertz CT molecular complexity index is 771. The number of aryl methyl sites for hydroxylation is 1. The average molecular weight is 338 g/mol. The standard InChI is InChI=1S/C14H18N4O4S/c1-3-11-12(14(19)22-4-2)13(18-17-11)23(20,21)16-9-10-6-5-7-15-8-10/h5-8,16H,3-4,9H2,1-2H3,(H,17,18). The van der Waals surface area contributed by atoms with Crippen molar-refractivity contribution >= 4 is 16.0 Å². The first-order valence-electron chi connectivity index (χ1n) is 7.12. The van der Waals surface area contributed by atoms with E-state index >= 15 is 0 Å². The van der Waals surface area contributed by atoms with Gasteiger partial charge in [0.05, 0.1) is 12.3 Å². The van der Waals surface area contributed by atoms with Crippen LogP contribution in [0.5, 0.6) is 0 Å². The quantitative estimate of drug-likeness (QED) is 0.729. The zero-order valence-electron chi connectivity index (χ0n) is 12.9. The van der Waals surface area contributed by atoms with Gasteiger partial charge in [0.25, 0.3) is 10.0 Å². The molecular formula is C14H18N4O4S. The molecule has 2 aromatic rings. The molecule has 0 aliphatic heterocycles. The molecule has 0 atom stereocenters. The molecule has 0 spiro atoms. The van der Waals surface area contributed by atoms with Crippen molar-refractivity contribution in [1.82, 2.24) is 19.9 Å². The maximum Gasteiger partial charge on any atom is 0.343 e. The number of aromatic amines is 1. The Morgan fingerprint density at radius 2 is 2.17 bits per heavy atom. The van der Waals surface area contributed by atoms with E-state index in [9.17, 15) is 13.2 Å². The fourth-order valence-corrected chi connectivity index (χ4v) is 3.11. The third-order valence-corrected chi connectivity index (χ3v) is 4.41. The lowest BCUT2D eigenvalue weighted by molar-refractivity contribution is 0.0520. The SMILES string of the molecule is CCOC(=O)c1c(S(=O)(=O)NCc2cccnc2)n[nH]c1CC. The minimum atomic E-state index is -3.96. The van der Waals surface area contributed by atoms with Crippen LogP contribution in [0.1, 0.15) is 35.5 Å². The van der Waals surface area contributed by atoms with E-state index in [2.05, 4.69) is 19.9 Å². The van der Waals surface area contributed by atoms with Crippen molar-refractivity contribution in [3.8, 4) is 0 Å². The van der Waals surface area contributed by atoms with Gasteiger partial charge in [0.15, 0.2) is 0 Å². The van der Waals surface area contributed by atoms with Crippen LogP contribution in [0.4, 0.5) is 0 Å². The van der Waals surface area contributed by atoms with Crippen LogP contribution < -0.4 is 4.72 Å². The molecule has 23 heavy (non-hydrogen) atoms. The highest BCUT2D eigenvalue weighted by Crippen LogP contribution is 2.19. The van der Waals surface area contributed by atoms with Crippen LogP contribution in [0.2, 0.25) is 0 Å². The highest BCUT2D eigenvalue weighted by Gasteiger charge is 2.29. The fourth-order valence-electron chi connectivity index (χ4n) is 1.97. The Hall–Kier alpha value is -2.26. The van der Waals surface area contributed by atoms with Crippen molar-refractivity contribution in [2.24, 2.45) is 0 Å². The summed E-state index contributed by atoms with van der Waals surface area (Å²) in [5.41, 5.74) is 1.07. The van der Waals surface area contributed by atoms with Crippen LogP contribution in [0.15, 0.2) is 29.6 Å². The minimum absolute atomic E-state index is 0.0481. The Morgan fingerprint density at radius 3 is 2.78 bits per heavy atom. The lowest BCUT2D eigenvalue weighted by atomic mass is 10.2. The van der Waals surface area contributed by atoms with Crippen LogP contribution in [-0.4, -0.2) is 36.2 Å². The lowest BCUT2D eigenvalue weighted by Crippen LogP contribution is -2.26. The Balaban J connectivity index is 2.29. The summed E-state index contributed by atoms with van der Waals surface area (Å²) in [5.74, 6) is -0.708. The van der Waals surface area contributed by atoms with E-state index in [1.54, 1.807) is 38.4 Å². The van der Waals surface area contributed by atoms with Crippen molar-refractivity contribution < 1.29 is 17.9 Å². The maximum atomic E-state index is 12.4. The molecule has 9 heteroatoms. The molecule has 0 radical (unpaired) electrons. The van der Waals surface area contributed by atoms with Gasteiger partial charge in [0, 0.05) is 18.9 Å². The number of hydrogen-bond donors (Lipinski definition) is 2. The van der Waals surface area contributed by atoms with E-state index in [4.69, 9.17) is 4.74 Å². The van der Waals surface area contributed by atoms with Crippen LogP contribution in [0, 0.1) is 0 Å². The monoisotopic (exact) mass is 338 g/mol. The van der Waals surface area contributed by atoms with E-state index in [1.165, 1.54) is 0 Å². The number of ether oxygens (including phenoxy) is 1. The molecule has 2 aromatic heterocycles. The largest absolute Gasteiger partial charge is 0.462 e. The molecule has 0 saturated heterocycles. The van der Waals surface area contributed by atoms with Crippen molar-refractivity contribution in [3.05, 3.63) is 41.3 Å². The Labute approximate surface area is 134 Å². The van der Waals surface area contributed by atoms with Crippen molar-refractivity contribution in [2.75, 3.05) is 6.61 Å². The number of carbonyl (C=O) groups excluding carboxylic acids is 1. The summed E-state index contributed by atoms with van der Waals surface area (Å²) in [7, 11) is -3.96. The maximum absolute atomic E-state index is 12.4. The summed E-state index contributed by atoms with van der Waals surface area (Å²) in [5, 5.41) is 6.02. The normalized spacial score (nSPS) is 11.4. The third kappa shape index (κ3) is 3.93. The molecule has 2 heterocycles. The van der Waals surface area contributed by atoms with Crippen LogP contribution in [0.3, 0.4) is 0 Å². The number of nitrogens with zero attached hydrogens (tertiary/aromatic N) is 2. The summed E-state index contributed by atoms with van der Waals surface area (Å²) in [6.07, 6.45) is 3.58.